The van der Waals surface area contributed by atoms with Crippen LogP contribution in [0.2, 0.25) is 0 Å². The molecule has 6 heteroatoms. The fourth-order valence-corrected chi connectivity index (χ4v) is 2.00. The zero-order valence-corrected chi connectivity index (χ0v) is 11.5. The number of aromatic nitrogens is 1. The van der Waals surface area contributed by atoms with E-state index in [1.54, 1.807) is 6.92 Å². The Morgan fingerprint density at radius 3 is 2.62 bits per heavy atom. The van der Waals surface area contributed by atoms with Crippen molar-refractivity contribution in [3.8, 4) is 5.75 Å². The summed E-state index contributed by atoms with van der Waals surface area (Å²) in [6, 6.07) is 3.67. The molecular weight excluding hydrogens is 278 g/mol. The van der Waals surface area contributed by atoms with E-state index < -0.39 is 11.6 Å². The number of pyridine rings is 1. The summed E-state index contributed by atoms with van der Waals surface area (Å²) in [6.45, 7) is 2.02. The van der Waals surface area contributed by atoms with Gasteiger partial charge in [0.25, 0.3) is 0 Å². The molecule has 0 bridgehead atoms. The van der Waals surface area contributed by atoms with Crippen LogP contribution in [-0.2, 0) is 19.7 Å². The molecule has 21 heavy (non-hydrogen) atoms. The Morgan fingerprint density at radius 1 is 1.19 bits per heavy atom. The molecule has 1 aromatic heterocycles. The summed E-state index contributed by atoms with van der Waals surface area (Å²) in [4.78, 5) is 3.97. The maximum Gasteiger partial charge on any atom is 0.159 e. The second kappa shape index (κ2) is 6.60. The predicted octanol–water partition coefficient (Wildman–Crippen LogP) is 2.16. The van der Waals surface area contributed by atoms with Crippen molar-refractivity contribution >= 4 is 0 Å². The molecule has 0 unspecified atom stereocenters. The van der Waals surface area contributed by atoms with Gasteiger partial charge in [-0.2, -0.15) is 0 Å². The number of hydrogen-bond donors (Lipinski definition) is 3. The number of aliphatic hydroxyl groups is 1. The van der Waals surface area contributed by atoms with Gasteiger partial charge in [0.05, 0.1) is 12.3 Å². The summed E-state index contributed by atoms with van der Waals surface area (Å²) in [6.07, 6.45) is 1.50. The lowest BCUT2D eigenvalue weighted by Crippen LogP contribution is -2.15. The molecule has 0 spiro atoms. The number of hydrogen-bond acceptors (Lipinski definition) is 4. The van der Waals surface area contributed by atoms with Crippen molar-refractivity contribution in [1.29, 1.82) is 0 Å². The first kappa shape index (κ1) is 15.3. The van der Waals surface area contributed by atoms with Crippen molar-refractivity contribution in [1.82, 2.24) is 10.3 Å². The number of aromatic hydroxyl groups is 1. The van der Waals surface area contributed by atoms with E-state index >= 15 is 0 Å². The lowest BCUT2D eigenvalue weighted by Gasteiger charge is -2.12. The molecule has 3 N–H and O–H groups in total. The Bertz CT molecular complexity index is 648. The third-order valence-electron chi connectivity index (χ3n) is 3.22. The highest BCUT2D eigenvalue weighted by Crippen LogP contribution is 2.23. The van der Waals surface area contributed by atoms with Gasteiger partial charge in [0.2, 0.25) is 0 Å². The molecule has 0 radical (unpaired) electrons. The van der Waals surface area contributed by atoms with Crippen molar-refractivity contribution in [2.45, 2.75) is 26.6 Å². The second-order valence-electron chi connectivity index (χ2n) is 4.71. The molecule has 0 fully saturated rings. The maximum absolute atomic E-state index is 13.1. The number of benzene rings is 1. The fraction of sp³-hybridized carbons (Fsp3) is 0.267. The fourth-order valence-electron chi connectivity index (χ4n) is 2.00. The standard InChI is InChI=1S/C15H16F2N2O2/c1-9-15(21)12(11(8-20)6-19-9)7-18-5-10-2-3-13(16)14(17)4-10/h2-4,6,18,20-21H,5,7-8H2,1H3. The zero-order valence-electron chi connectivity index (χ0n) is 11.5. The van der Waals surface area contributed by atoms with Gasteiger partial charge >= 0.3 is 0 Å². The smallest absolute Gasteiger partial charge is 0.159 e. The predicted molar refractivity (Wildman–Crippen MR) is 73.5 cm³/mol. The van der Waals surface area contributed by atoms with E-state index in [0.29, 0.717) is 28.9 Å². The third-order valence-corrected chi connectivity index (χ3v) is 3.22. The van der Waals surface area contributed by atoms with Gasteiger partial charge in [-0.1, -0.05) is 6.07 Å². The highest BCUT2D eigenvalue weighted by Gasteiger charge is 2.11. The molecule has 0 saturated heterocycles. The van der Waals surface area contributed by atoms with Gasteiger partial charge in [-0.05, 0) is 24.6 Å². The van der Waals surface area contributed by atoms with Crippen LogP contribution >= 0.6 is 0 Å². The topological polar surface area (TPSA) is 65.4 Å². The molecule has 4 nitrogen and oxygen atoms in total. The summed E-state index contributed by atoms with van der Waals surface area (Å²) >= 11 is 0. The van der Waals surface area contributed by atoms with E-state index in [0.717, 1.165) is 12.1 Å². The van der Waals surface area contributed by atoms with Crippen LogP contribution in [-0.4, -0.2) is 15.2 Å². The van der Waals surface area contributed by atoms with Crippen LogP contribution in [0.5, 0.6) is 5.75 Å². The molecule has 0 aliphatic rings. The quantitative estimate of drug-likeness (QED) is 0.790. The summed E-state index contributed by atoms with van der Waals surface area (Å²) in [5.41, 5.74) is 2.13. The van der Waals surface area contributed by atoms with Gasteiger partial charge < -0.3 is 15.5 Å². The molecule has 1 heterocycles. The Balaban J connectivity index is 2.06. The molecule has 2 aromatic rings. The molecule has 112 valence electrons. The Kier molecular flexibility index (Phi) is 4.82. The number of aryl methyl sites for hydroxylation is 1. The van der Waals surface area contributed by atoms with Crippen LogP contribution in [0, 0.1) is 18.6 Å². The van der Waals surface area contributed by atoms with E-state index in [1.807, 2.05) is 0 Å². The van der Waals surface area contributed by atoms with Crippen LogP contribution in [0.25, 0.3) is 0 Å². The van der Waals surface area contributed by atoms with E-state index in [1.165, 1.54) is 12.3 Å². The summed E-state index contributed by atoms with van der Waals surface area (Å²) < 4.78 is 25.9. The first-order valence-corrected chi connectivity index (χ1v) is 6.44. The Hall–Kier alpha value is -2.05. The van der Waals surface area contributed by atoms with Crippen LogP contribution < -0.4 is 5.32 Å². The molecule has 2 rings (SSSR count). The van der Waals surface area contributed by atoms with Crippen molar-refractivity contribution in [2.24, 2.45) is 0 Å². The third kappa shape index (κ3) is 3.53. The van der Waals surface area contributed by atoms with Crippen LogP contribution in [0.3, 0.4) is 0 Å². The minimum absolute atomic E-state index is 0.0272. The molecule has 0 saturated carbocycles. The summed E-state index contributed by atoms with van der Waals surface area (Å²) in [5.74, 6) is -1.75. The largest absolute Gasteiger partial charge is 0.506 e. The van der Waals surface area contributed by atoms with Gasteiger partial charge in [0.1, 0.15) is 5.75 Å². The molecule has 0 aliphatic carbocycles. The van der Waals surface area contributed by atoms with Gasteiger partial charge in [-0.15, -0.1) is 0 Å². The number of rotatable bonds is 5. The molecule has 0 amide bonds. The van der Waals surface area contributed by atoms with Gasteiger partial charge in [-0.25, -0.2) is 8.78 Å². The number of aliphatic hydroxyl groups excluding tert-OH is 1. The molecule has 0 atom stereocenters. The maximum atomic E-state index is 13.1. The lowest BCUT2D eigenvalue weighted by molar-refractivity contribution is 0.278. The van der Waals surface area contributed by atoms with Crippen molar-refractivity contribution in [2.75, 3.05) is 0 Å². The average molecular weight is 294 g/mol. The molecule has 0 aliphatic heterocycles. The Labute approximate surface area is 121 Å². The number of nitrogens with zero attached hydrogens (tertiary/aromatic N) is 1. The van der Waals surface area contributed by atoms with Crippen molar-refractivity contribution < 1.29 is 19.0 Å². The average Bonchev–Trinajstić information content (AvgIpc) is 2.47. The van der Waals surface area contributed by atoms with Crippen LogP contribution in [0.15, 0.2) is 24.4 Å². The van der Waals surface area contributed by atoms with Gasteiger partial charge in [0, 0.05) is 30.4 Å². The monoisotopic (exact) mass is 294 g/mol. The van der Waals surface area contributed by atoms with E-state index in [9.17, 15) is 19.0 Å². The summed E-state index contributed by atoms with van der Waals surface area (Å²) in [5, 5.41) is 22.2. The zero-order chi connectivity index (χ0) is 15.4. The van der Waals surface area contributed by atoms with Gasteiger partial charge in [-0.3, -0.25) is 4.98 Å². The number of nitrogens with one attached hydrogen (secondary N) is 1. The normalized spacial score (nSPS) is 10.9. The van der Waals surface area contributed by atoms with Gasteiger partial charge in [0.15, 0.2) is 11.6 Å². The summed E-state index contributed by atoms with van der Waals surface area (Å²) in [7, 11) is 0. The number of halogens is 2. The van der Waals surface area contributed by atoms with Crippen LogP contribution in [0.4, 0.5) is 8.78 Å². The minimum atomic E-state index is -0.895. The van der Waals surface area contributed by atoms with Crippen molar-refractivity contribution in [3.05, 3.63) is 58.4 Å². The highest BCUT2D eigenvalue weighted by molar-refractivity contribution is 5.40. The minimum Gasteiger partial charge on any atom is -0.506 e. The second-order valence-corrected chi connectivity index (χ2v) is 4.71. The highest BCUT2D eigenvalue weighted by atomic mass is 19.2. The Morgan fingerprint density at radius 2 is 1.95 bits per heavy atom. The van der Waals surface area contributed by atoms with E-state index in [-0.39, 0.29) is 18.9 Å². The van der Waals surface area contributed by atoms with E-state index in [4.69, 9.17) is 0 Å². The SMILES string of the molecule is Cc1ncc(CO)c(CNCc2ccc(F)c(F)c2)c1O. The van der Waals surface area contributed by atoms with Crippen molar-refractivity contribution in [3.63, 3.8) is 0 Å². The molecular formula is C15H16F2N2O2. The van der Waals surface area contributed by atoms with E-state index in [2.05, 4.69) is 10.3 Å². The van der Waals surface area contributed by atoms with Crippen LogP contribution in [0.1, 0.15) is 22.4 Å². The lowest BCUT2D eigenvalue weighted by atomic mass is 10.1. The first-order valence-electron chi connectivity index (χ1n) is 6.44. The molecule has 1 aromatic carbocycles. The first-order chi connectivity index (χ1) is 10.0.